The summed E-state index contributed by atoms with van der Waals surface area (Å²) in [6, 6.07) is 5.98. The molecule has 0 aromatic heterocycles. The van der Waals surface area contributed by atoms with E-state index < -0.39 is 15.9 Å². The molecule has 2 fully saturated rings. The SMILES string of the molecule is CC(C)C(=O)N1CCCC1C(=O)Nc1cccc(S(=O)(=O)C2CCCC2)c1. The zero-order valence-electron chi connectivity index (χ0n) is 16.0. The standard InChI is InChI=1S/C20H28N2O4S/c1-14(2)20(24)22-12-6-11-18(22)19(23)21-15-7-5-10-17(13-15)27(25,26)16-8-3-4-9-16/h5,7,10,13-14,16,18H,3-4,6,8-9,11-12H2,1-2H3,(H,21,23). The zero-order chi connectivity index (χ0) is 19.6. The van der Waals surface area contributed by atoms with Crippen molar-refractivity contribution in [1.29, 1.82) is 0 Å². The van der Waals surface area contributed by atoms with Crippen LogP contribution in [0.1, 0.15) is 52.4 Å². The van der Waals surface area contributed by atoms with Crippen LogP contribution in [0.25, 0.3) is 0 Å². The summed E-state index contributed by atoms with van der Waals surface area (Å²) < 4.78 is 25.6. The summed E-state index contributed by atoms with van der Waals surface area (Å²) in [7, 11) is -3.37. The number of nitrogens with zero attached hydrogens (tertiary/aromatic N) is 1. The topological polar surface area (TPSA) is 83.6 Å². The maximum atomic E-state index is 12.8. The molecule has 1 aromatic carbocycles. The number of anilines is 1. The summed E-state index contributed by atoms with van der Waals surface area (Å²) in [6.45, 7) is 4.24. The van der Waals surface area contributed by atoms with Crippen LogP contribution >= 0.6 is 0 Å². The Labute approximate surface area is 161 Å². The van der Waals surface area contributed by atoms with Gasteiger partial charge in [-0.3, -0.25) is 9.59 Å². The number of hydrogen-bond donors (Lipinski definition) is 1. The van der Waals surface area contributed by atoms with E-state index in [0.717, 1.165) is 19.3 Å². The van der Waals surface area contributed by atoms with Crippen LogP contribution in [0.15, 0.2) is 29.2 Å². The molecule has 2 amide bonds. The highest BCUT2D eigenvalue weighted by Crippen LogP contribution is 2.30. The molecule has 1 aromatic rings. The van der Waals surface area contributed by atoms with Crippen LogP contribution in [-0.2, 0) is 19.4 Å². The van der Waals surface area contributed by atoms with E-state index in [0.29, 0.717) is 31.5 Å². The van der Waals surface area contributed by atoms with Crippen LogP contribution in [0.3, 0.4) is 0 Å². The van der Waals surface area contributed by atoms with Gasteiger partial charge in [-0.1, -0.05) is 32.8 Å². The molecule has 1 saturated carbocycles. The molecule has 27 heavy (non-hydrogen) atoms. The van der Waals surface area contributed by atoms with Crippen LogP contribution < -0.4 is 5.32 Å². The Hall–Kier alpha value is -1.89. The van der Waals surface area contributed by atoms with E-state index in [4.69, 9.17) is 0 Å². The second kappa shape index (κ2) is 8.00. The molecule has 1 aliphatic heterocycles. The number of likely N-dealkylation sites (tertiary alicyclic amines) is 1. The smallest absolute Gasteiger partial charge is 0.247 e. The first-order valence-electron chi connectivity index (χ1n) is 9.76. The fraction of sp³-hybridized carbons (Fsp3) is 0.600. The van der Waals surface area contributed by atoms with Gasteiger partial charge in [-0.15, -0.1) is 0 Å². The summed E-state index contributed by atoms with van der Waals surface area (Å²) >= 11 is 0. The Morgan fingerprint density at radius 3 is 2.48 bits per heavy atom. The van der Waals surface area contributed by atoms with Crippen molar-refractivity contribution >= 4 is 27.3 Å². The molecule has 148 valence electrons. The first kappa shape index (κ1) is 19.9. The first-order chi connectivity index (χ1) is 12.8. The van der Waals surface area contributed by atoms with Crippen LogP contribution in [0.2, 0.25) is 0 Å². The van der Waals surface area contributed by atoms with Crippen molar-refractivity contribution in [3.05, 3.63) is 24.3 Å². The third-order valence-corrected chi connectivity index (χ3v) is 7.76. The number of amides is 2. The average Bonchev–Trinajstić information content (AvgIpc) is 3.33. The molecule has 1 unspecified atom stereocenters. The molecule has 1 N–H and O–H groups in total. The highest BCUT2D eigenvalue weighted by Gasteiger charge is 2.35. The highest BCUT2D eigenvalue weighted by molar-refractivity contribution is 7.92. The Balaban J connectivity index is 1.74. The largest absolute Gasteiger partial charge is 0.330 e. The van der Waals surface area contributed by atoms with Gasteiger partial charge in [-0.05, 0) is 43.9 Å². The van der Waals surface area contributed by atoms with Crippen molar-refractivity contribution in [3.8, 4) is 0 Å². The molecule has 2 aliphatic rings. The summed E-state index contributed by atoms with van der Waals surface area (Å²) in [6.07, 6.45) is 4.72. The van der Waals surface area contributed by atoms with E-state index in [2.05, 4.69) is 5.32 Å². The number of benzene rings is 1. The van der Waals surface area contributed by atoms with Crippen molar-refractivity contribution in [3.63, 3.8) is 0 Å². The maximum absolute atomic E-state index is 12.8. The number of carbonyl (C=O) groups excluding carboxylic acids is 2. The summed E-state index contributed by atoms with van der Waals surface area (Å²) in [5.74, 6) is -0.430. The van der Waals surface area contributed by atoms with E-state index in [9.17, 15) is 18.0 Å². The minimum Gasteiger partial charge on any atom is -0.330 e. The van der Waals surface area contributed by atoms with Crippen molar-refractivity contribution in [1.82, 2.24) is 4.90 Å². The van der Waals surface area contributed by atoms with Gasteiger partial charge in [0.2, 0.25) is 11.8 Å². The molecule has 1 heterocycles. The molecule has 3 rings (SSSR count). The lowest BCUT2D eigenvalue weighted by Crippen LogP contribution is -2.44. The fourth-order valence-electron chi connectivity index (χ4n) is 4.00. The Morgan fingerprint density at radius 1 is 1.11 bits per heavy atom. The third kappa shape index (κ3) is 4.18. The van der Waals surface area contributed by atoms with Gasteiger partial charge >= 0.3 is 0 Å². The van der Waals surface area contributed by atoms with Gasteiger partial charge < -0.3 is 10.2 Å². The predicted molar refractivity (Wildman–Crippen MR) is 104 cm³/mol. The number of hydrogen-bond acceptors (Lipinski definition) is 4. The minimum atomic E-state index is -3.37. The number of nitrogens with one attached hydrogen (secondary N) is 1. The van der Waals surface area contributed by atoms with E-state index in [1.54, 1.807) is 23.1 Å². The van der Waals surface area contributed by atoms with E-state index in [1.165, 1.54) is 6.07 Å². The second-order valence-corrected chi connectivity index (χ2v) is 10.0. The van der Waals surface area contributed by atoms with E-state index in [-0.39, 0.29) is 27.9 Å². The first-order valence-corrected chi connectivity index (χ1v) is 11.3. The van der Waals surface area contributed by atoms with Gasteiger partial charge in [0.15, 0.2) is 9.84 Å². The molecule has 0 radical (unpaired) electrons. The number of rotatable bonds is 5. The van der Waals surface area contributed by atoms with E-state index in [1.807, 2.05) is 13.8 Å². The maximum Gasteiger partial charge on any atom is 0.247 e. The van der Waals surface area contributed by atoms with Crippen molar-refractivity contribution in [2.24, 2.45) is 5.92 Å². The van der Waals surface area contributed by atoms with Gasteiger partial charge in [0.05, 0.1) is 10.1 Å². The Bertz CT molecular complexity index is 813. The summed E-state index contributed by atoms with van der Waals surface area (Å²) in [4.78, 5) is 26.9. The van der Waals surface area contributed by atoms with Gasteiger partial charge in [-0.2, -0.15) is 0 Å². The van der Waals surface area contributed by atoms with Crippen LogP contribution in [0.5, 0.6) is 0 Å². The van der Waals surface area contributed by atoms with Crippen molar-refractivity contribution in [2.45, 2.75) is 68.6 Å². The molecular weight excluding hydrogens is 364 g/mol. The summed E-state index contributed by atoms with van der Waals surface area (Å²) in [5.41, 5.74) is 0.461. The quantitative estimate of drug-likeness (QED) is 0.835. The molecular formula is C20H28N2O4S. The van der Waals surface area contributed by atoms with Gasteiger partial charge in [0.1, 0.15) is 6.04 Å². The van der Waals surface area contributed by atoms with Crippen molar-refractivity contribution in [2.75, 3.05) is 11.9 Å². The van der Waals surface area contributed by atoms with E-state index >= 15 is 0 Å². The molecule has 1 saturated heterocycles. The molecule has 1 aliphatic carbocycles. The van der Waals surface area contributed by atoms with Crippen LogP contribution in [0, 0.1) is 5.92 Å². The Kier molecular flexibility index (Phi) is 5.89. The molecule has 0 bridgehead atoms. The third-order valence-electron chi connectivity index (χ3n) is 5.50. The second-order valence-electron chi connectivity index (χ2n) is 7.81. The minimum absolute atomic E-state index is 0.0230. The lowest BCUT2D eigenvalue weighted by Gasteiger charge is -2.25. The summed E-state index contributed by atoms with van der Waals surface area (Å²) in [5, 5.41) is 2.49. The predicted octanol–water partition coefficient (Wildman–Crippen LogP) is 2.99. The molecule has 6 nitrogen and oxygen atoms in total. The monoisotopic (exact) mass is 392 g/mol. The zero-order valence-corrected chi connectivity index (χ0v) is 16.8. The average molecular weight is 393 g/mol. The van der Waals surface area contributed by atoms with Gasteiger partial charge in [-0.25, -0.2) is 8.42 Å². The highest BCUT2D eigenvalue weighted by atomic mass is 32.2. The normalized spacial score (nSPS) is 21.0. The number of sulfone groups is 1. The van der Waals surface area contributed by atoms with Crippen LogP contribution in [-0.4, -0.2) is 43.0 Å². The fourth-order valence-corrected chi connectivity index (χ4v) is 5.90. The van der Waals surface area contributed by atoms with Crippen molar-refractivity contribution < 1.29 is 18.0 Å². The number of carbonyl (C=O) groups is 2. The van der Waals surface area contributed by atoms with Crippen LogP contribution in [0.4, 0.5) is 5.69 Å². The van der Waals surface area contributed by atoms with Gasteiger partial charge in [0.25, 0.3) is 0 Å². The van der Waals surface area contributed by atoms with Gasteiger partial charge in [0, 0.05) is 18.2 Å². The lowest BCUT2D eigenvalue weighted by molar-refractivity contribution is -0.139. The molecule has 0 spiro atoms. The molecule has 7 heteroatoms. The Morgan fingerprint density at radius 2 is 1.81 bits per heavy atom. The molecule has 1 atom stereocenters. The lowest BCUT2D eigenvalue weighted by atomic mass is 10.1.